The van der Waals surface area contributed by atoms with Crippen LogP contribution in [0, 0.1) is 6.92 Å². The highest BCUT2D eigenvalue weighted by atomic mass is 33.1. The molecule has 1 aromatic heterocycles. The van der Waals surface area contributed by atoms with Crippen molar-refractivity contribution in [1.82, 2.24) is 9.55 Å². The van der Waals surface area contributed by atoms with E-state index in [-0.39, 0.29) is 17.9 Å². The van der Waals surface area contributed by atoms with Crippen LogP contribution in [0.4, 0.5) is 0 Å². The summed E-state index contributed by atoms with van der Waals surface area (Å²) in [4.78, 5) is 61.8. The Morgan fingerprint density at radius 1 is 1.18 bits per heavy atom. The molecule has 2 rings (SSSR count). The van der Waals surface area contributed by atoms with Gasteiger partial charge in [0.2, 0.25) is 0 Å². The standard InChI is InChI=1S/C12H21N2O14P3S2/c1-7-4-14(12(16)13-11(7)15)10-3-8(24-6-33-32-2)9(26-10)5-25-30(20,21)28-31(22,23)27-29(17,18)19/h4,8-10H,3,5-6H2,1-2H3,(H,20,21)(H,22,23)(H,13,15,16)(H2,17,18,19)/t8-,9-,10-/m1/s1. The summed E-state index contributed by atoms with van der Waals surface area (Å²) in [7, 11) is -13.8. The summed E-state index contributed by atoms with van der Waals surface area (Å²) in [5.41, 5.74) is -1.12. The molecule has 1 aromatic rings. The zero-order valence-corrected chi connectivity index (χ0v) is 21.2. The average molecular weight is 574 g/mol. The summed E-state index contributed by atoms with van der Waals surface area (Å²) < 4.78 is 58.4. The number of phosphoric ester groups is 1. The lowest BCUT2D eigenvalue weighted by Crippen LogP contribution is -2.33. The molecule has 0 spiro atoms. The van der Waals surface area contributed by atoms with E-state index in [1.807, 2.05) is 0 Å². The van der Waals surface area contributed by atoms with Crippen LogP contribution in [0.2, 0.25) is 0 Å². The first-order valence-corrected chi connectivity index (χ1v) is 15.9. The van der Waals surface area contributed by atoms with Gasteiger partial charge in [-0.15, -0.1) is 0 Å². The summed E-state index contributed by atoms with van der Waals surface area (Å²) in [6.45, 7) is 0.728. The molecule has 16 nitrogen and oxygen atoms in total. The maximum atomic E-state index is 12.1. The molecule has 5 atom stereocenters. The number of aryl methyl sites for hydroxylation is 1. The van der Waals surface area contributed by atoms with Gasteiger partial charge < -0.3 is 29.0 Å². The molecule has 21 heteroatoms. The third-order valence-electron chi connectivity index (χ3n) is 3.90. The van der Waals surface area contributed by atoms with Crippen molar-refractivity contribution in [1.29, 1.82) is 0 Å². The number of hydrogen-bond donors (Lipinski definition) is 5. The van der Waals surface area contributed by atoms with Gasteiger partial charge in [-0.1, -0.05) is 21.6 Å². The van der Waals surface area contributed by atoms with E-state index in [1.54, 1.807) is 6.26 Å². The normalized spacial score (nSPS) is 25.0. The first-order valence-electron chi connectivity index (χ1n) is 8.65. The van der Waals surface area contributed by atoms with Gasteiger partial charge in [0.25, 0.3) is 5.56 Å². The third kappa shape index (κ3) is 9.35. The lowest BCUT2D eigenvalue weighted by molar-refractivity contribution is -0.0543. The molecule has 1 aliphatic heterocycles. The van der Waals surface area contributed by atoms with E-state index in [0.717, 1.165) is 4.57 Å². The molecular formula is C12H21N2O14P3S2. The molecule has 0 aromatic carbocycles. The molecule has 2 heterocycles. The summed E-state index contributed by atoms with van der Waals surface area (Å²) in [6.07, 6.45) is 0.335. The van der Waals surface area contributed by atoms with Crippen molar-refractivity contribution in [2.45, 2.75) is 31.8 Å². The van der Waals surface area contributed by atoms with Crippen LogP contribution in [0.15, 0.2) is 15.8 Å². The molecule has 0 aliphatic carbocycles. The van der Waals surface area contributed by atoms with Gasteiger partial charge in [0.15, 0.2) is 0 Å². The zero-order chi connectivity index (χ0) is 25.0. The number of phosphoric acid groups is 3. The van der Waals surface area contributed by atoms with Crippen LogP contribution in [-0.4, -0.2) is 60.1 Å². The zero-order valence-electron chi connectivity index (χ0n) is 16.9. The lowest BCUT2D eigenvalue weighted by Gasteiger charge is -2.21. The first-order chi connectivity index (χ1) is 15.1. The van der Waals surface area contributed by atoms with Crippen LogP contribution in [0.25, 0.3) is 0 Å². The number of rotatable bonds is 12. The largest absolute Gasteiger partial charge is 0.490 e. The Morgan fingerprint density at radius 2 is 1.85 bits per heavy atom. The van der Waals surface area contributed by atoms with Crippen LogP contribution in [-0.2, 0) is 36.3 Å². The molecule has 0 radical (unpaired) electrons. The van der Waals surface area contributed by atoms with Crippen molar-refractivity contribution in [3.63, 3.8) is 0 Å². The molecule has 0 saturated carbocycles. The minimum Gasteiger partial charge on any atom is -0.364 e. The second kappa shape index (κ2) is 11.6. The third-order valence-corrected chi connectivity index (χ3v) is 9.17. The Morgan fingerprint density at radius 3 is 2.45 bits per heavy atom. The number of nitrogens with one attached hydrogen (secondary N) is 1. The molecule has 1 aliphatic rings. The molecule has 0 bridgehead atoms. The fraction of sp³-hybridized carbons (Fsp3) is 0.667. The van der Waals surface area contributed by atoms with Crippen LogP contribution in [0.5, 0.6) is 0 Å². The highest BCUT2D eigenvalue weighted by Crippen LogP contribution is 2.66. The monoisotopic (exact) mass is 574 g/mol. The predicted octanol–water partition coefficient (Wildman–Crippen LogP) is 0.830. The second-order valence-corrected chi connectivity index (χ2v) is 13.3. The minimum atomic E-state index is -5.67. The Balaban J connectivity index is 2.13. The van der Waals surface area contributed by atoms with Gasteiger partial charge >= 0.3 is 29.2 Å². The van der Waals surface area contributed by atoms with Gasteiger partial charge in [-0.2, -0.15) is 8.62 Å². The number of H-pyrrole nitrogens is 1. The summed E-state index contributed by atoms with van der Waals surface area (Å²) in [6, 6.07) is 0. The van der Waals surface area contributed by atoms with Crippen molar-refractivity contribution in [3.8, 4) is 0 Å². The number of hydrogen-bond acceptors (Lipinski definition) is 12. The van der Waals surface area contributed by atoms with Crippen molar-refractivity contribution in [2.24, 2.45) is 0 Å². The summed E-state index contributed by atoms with van der Waals surface area (Å²) in [5, 5.41) is 0. The van der Waals surface area contributed by atoms with Crippen molar-refractivity contribution >= 4 is 45.1 Å². The Hall–Kier alpha value is -0.290. The van der Waals surface area contributed by atoms with Gasteiger partial charge in [0.05, 0.1) is 12.7 Å². The van der Waals surface area contributed by atoms with Gasteiger partial charge in [0.1, 0.15) is 18.3 Å². The molecule has 2 unspecified atom stereocenters. The highest BCUT2D eigenvalue weighted by molar-refractivity contribution is 8.76. The van der Waals surface area contributed by atoms with Crippen molar-refractivity contribution < 1.29 is 55.9 Å². The smallest absolute Gasteiger partial charge is 0.364 e. The first kappa shape index (κ1) is 28.9. The minimum absolute atomic E-state index is 0.0742. The Labute approximate surface area is 193 Å². The maximum absolute atomic E-state index is 12.1. The van der Waals surface area contributed by atoms with Gasteiger partial charge in [0, 0.05) is 18.2 Å². The molecule has 5 N–H and O–H groups in total. The van der Waals surface area contributed by atoms with Gasteiger partial charge in [-0.3, -0.25) is 18.9 Å². The van der Waals surface area contributed by atoms with Crippen LogP contribution >= 0.6 is 45.1 Å². The van der Waals surface area contributed by atoms with E-state index in [1.165, 1.54) is 34.7 Å². The van der Waals surface area contributed by atoms with E-state index in [2.05, 4.69) is 18.1 Å². The van der Waals surface area contributed by atoms with E-state index in [4.69, 9.17) is 19.3 Å². The number of ether oxygens (including phenoxy) is 2. The van der Waals surface area contributed by atoms with Crippen molar-refractivity contribution in [2.75, 3.05) is 18.8 Å². The number of aromatic amines is 1. The molecule has 33 heavy (non-hydrogen) atoms. The lowest BCUT2D eigenvalue weighted by atomic mass is 10.2. The SMILES string of the molecule is CSSCO[C@@H]1C[C@H](n2cc(C)c(=O)[nH]c2=O)O[C@@H]1COP(=O)(O)OP(=O)(O)OP(=O)(O)O. The van der Waals surface area contributed by atoms with E-state index in [9.17, 15) is 33.1 Å². The molecular weight excluding hydrogens is 553 g/mol. The predicted molar refractivity (Wildman–Crippen MR) is 115 cm³/mol. The molecule has 190 valence electrons. The summed E-state index contributed by atoms with van der Waals surface area (Å²) in [5.74, 6) is 0.174. The van der Waals surface area contributed by atoms with Crippen LogP contribution in [0.3, 0.4) is 0 Å². The number of nitrogens with zero attached hydrogens (tertiary/aromatic N) is 1. The van der Waals surface area contributed by atoms with Crippen molar-refractivity contribution in [3.05, 3.63) is 32.6 Å². The van der Waals surface area contributed by atoms with E-state index < -0.39 is 59.8 Å². The fourth-order valence-corrected chi connectivity index (χ4v) is 6.44. The topological polar surface area (TPSA) is 233 Å². The summed E-state index contributed by atoms with van der Waals surface area (Å²) >= 11 is 0. The van der Waals surface area contributed by atoms with Crippen LogP contribution in [0.1, 0.15) is 18.2 Å². The maximum Gasteiger partial charge on any atom is 0.490 e. The van der Waals surface area contributed by atoms with Gasteiger partial charge in [-0.25, -0.2) is 18.5 Å². The highest BCUT2D eigenvalue weighted by Gasteiger charge is 2.43. The fourth-order valence-electron chi connectivity index (χ4n) is 2.63. The number of aromatic nitrogens is 2. The van der Waals surface area contributed by atoms with E-state index >= 15 is 0 Å². The average Bonchev–Trinajstić information content (AvgIpc) is 3.03. The van der Waals surface area contributed by atoms with E-state index in [0.29, 0.717) is 0 Å². The molecule has 0 amide bonds. The van der Waals surface area contributed by atoms with Gasteiger partial charge in [-0.05, 0) is 13.2 Å². The molecule has 1 fully saturated rings. The van der Waals surface area contributed by atoms with Crippen LogP contribution < -0.4 is 11.2 Å². The Bertz CT molecular complexity index is 1090. The second-order valence-electron chi connectivity index (χ2n) is 6.34. The molecule has 1 saturated heterocycles. The Kier molecular flexibility index (Phi) is 10.2. The quantitative estimate of drug-likeness (QED) is 0.101.